The maximum atomic E-state index is 12.2. The topological polar surface area (TPSA) is 17.1 Å². The maximum absolute atomic E-state index is 12.2. The van der Waals surface area contributed by atoms with E-state index in [1.54, 1.807) is 11.3 Å². The first-order chi connectivity index (χ1) is 8.08. The summed E-state index contributed by atoms with van der Waals surface area (Å²) in [4.78, 5) is 13.3. The fraction of sp³-hybridized carbons (Fsp3) is 0.154. The Morgan fingerprint density at radius 3 is 2.76 bits per heavy atom. The van der Waals surface area contributed by atoms with Crippen molar-refractivity contribution in [2.24, 2.45) is 0 Å². The molecule has 0 bridgehead atoms. The largest absolute Gasteiger partial charge is 0.294 e. The van der Waals surface area contributed by atoms with Crippen LogP contribution in [0.25, 0.3) is 0 Å². The average molecular weight is 374 g/mol. The summed E-state index contributed by atoms with van der Waals surface area (Å²) in [6.45, 7) is 1.96. The first-order valence-corrected chi connectivity index (χ1v) is 7.55. The lowest BCUT2D eigenvalue weighted by molar-refractivity contribution is 0.0993. The second-order valence-electron chi connectivity index (χ2n) is 3.74. The molecule has 0 fully saturated rings. The van der Waals surface area contributed by atoms with Gasteiger partial charge in [-0.15, -0.1) is 11.3 Å². The standard InChI is InChI=1S/C13H10Br2OS/c1-8-11(3-2-4-12(8)15)13(16)6-10-5-9(14)7-17-10/h2-5,7H,6H2,1H3. The number of benzene rings is 1. The molecule has 0 unspecified atom stereocenters. The summed E-state index contributed by atoms with van der Waals surface area (Å²) in [5.74, 6) is 0.165. The third-order valence-corrected chi connectivity index (χ3v) is 5.08. The molecule has 1 nitrogen and oxygen atoms in total. The van der Waals surface area contributed by atoms with Gasteiger partial charge in [-0.05, 0) is 40.5 Å². The van der Waals surface area contributed by atoms with E-state index in [2.05, 4.69) is 31.9 Å². The third kappa shape index (κ3) is 3.06. The fourth-order valence-electron chi connectivity index (χ4n) is 1.61. The molecule has 0 aliphatic heterocycles. The number of rotatable bonds is 3. The molecule has 17 heavy (non-hydrogen) atoms. The van der Waals surface area contributed by atoms with Crippen LogP contribution in [-0.2, 0) is 6.42 Å². The van der Waals surface area contributed by atoms with Crippen LogP contribution in [0.2, 0.25) is 0 Å². The number of carbonyl (C=O) groups excluding carboxylic acids is 1. The van der Waals surface area contributed by atoms with Crippen LogP contribution in [-0.4, -0.2) is 5.78 Å². The lowest BCUT2D eigenvalue weighted by Crippen LogP contribution is -2.04. The summed E-state index contributed by atoms with van der Waals surface area (Å²) in [6, 6.07) is 7.73. The minimum Gasteiger partial charge on any atom is -0.294 e. The van der Waals surface area contributed by atoms with Crippen molar-refractivity contribution >= 4 is 49.0 Å². The first kappa shape index (κ1) is 13.0. The molecule has 0 amide bonds. The Bertz CT molecular complexity index is 560. The minimum atomic E-state index is 0.165. The van der Waals surface area contributed by atoms with Crippen LogP contribution in [0.4, 0.5) is 0 Å². The summed E-state index contributed by atoms with van der Waals surface area (Å²) in [5, 5.41) is 2.00. The maximum Gasteiger partial charge on any atom is 0.168 e. The van der Waals surface area contributed by atoms with Gasteiger partial charge in [0.05, 0.1) is 0 Å². The Labute approximate surface area is 121 Å². The van der Waals surface area contributed by atoms with Crippen LogP contribution in [0, 0.1) is 6.92 Å². The van der Waals surface area contributed by atoms with Gasteiger partial charge in [-0.25, -0.2) is 0 Å². The molecule has 88 valence electrons. The molecule has 0 saturated heterocycles. The lowest BCUT2D eigenvalue weighted by atomic mass is 10.0. The number of halogens is 2. The van der Waals surface area contributed by atoms with Gasteiger partial charge in [-0.1, -0.05) is 28.1 Å². The molecule has 2 aromatic rings. The zero-order valence-corrected chi connectivity index (χ0v) is 13.2. The molecule has 0 aliphatic rings. The fourth-order valence-corrected chi connectivity index (χ4v) is 3.43. The van der Waals surface area contributed by atoms with Gasteiger partial charge >= 0.3 is 0 Å². The van der Waals surface area contributed by atoms with E-state index < -0.39 is 0 Å². The highest BCUT2D eigenvalue weighted by Crippen LogP contribution is 2.24. The molecular formula is C13H10Br2OS. The molecule has 1 aromatic heterocycles. The molecule has 0 spiro atoms. The quantitative estimate of drug-likeness (QED) is 0.691. The van der Waals surface area contributed by atoms with Crippen LogP contribution in [0.1, 0.15) is 20.8 Å². The number of ketones is 1. The summed E-state index contributed by atoms with van der Waals surface area (Å²) < 4.78 is 2.02. The smallest absolute Gasteiger partial charge is 0.168 e. The summed E-state index contributed by atoms with van der Waals surface area (Å²) in [5.41, 5.74) is 1.80. The van der Waals surface area contributed by atoms with Crippen molar-refractivity contribution in [2.45, 2.75) is 13.3 Å². The van der Waals surface area contributed by atoms with Crippen molar-refractivity contribution in [1.29, 1.82) is 0 Å². The lowest BCUT2D eigenvalue weighted by Gasteiger charge is -2.05. The summed E-state index contributed by atoms with van der Waals surface area (Å²) in [6.07, 6.45) is 0.466. The predicted molar refractivity (Wildman–Crippen MR) is 78.9 cm³/mol. The Hall–Kier alpha value is -0.450. The molecule has 0 radical (unpaired) electrons. The molecular weight excluding hydrogens is 364 g/mol. The van der Waals surface area contributed by atoms with E-state index in [9.17, 15) is 4.79 Å². The highest BCUT2D eigenvalue weighted by Gasteiger charge is 2.12. The molecule has 2 rings (SSSR count). The highest BCUT2D eigenvalue weighted by atomic mass is 79.9. The zero-order valence-electron chi connectivity index (χ0n) is 9.17. The van der Waals surface area contributed by atoms with E-state index in [1.165, 1.54) is 0 Å². The molecule has 0 saturated carbocycles. The average Bonchev–Trinajstić information content (AvgIpc) is 2.68. The second-order valence-corrected chi connectivity index (χ2v) is 6.51. The SMILES string of the molecule is Cc1c(Br)cccc1C(=O)Cc1cc(Br)cs1. The van der Waals surface area contributed by atoms with Gasteiger partial charge in [0.2, 0.25) is 0 Å². The summed E-state index contributed by atoms with van der Waals surface area (Å²) in [7, 11) is 0. The zero-order chi connectivity index (χ0) is 12.4. The summed E-state index contributed by atoms with van der Waals surface area (Å²) >= 11 is 8.45. The van der Waals surface area contributed by atoms with E-state index >= 15 is 0 Å². The monoisotopic (exact) mass is 372 g/mol. The van der Waals surface area contributed by atoms with Crippen LogP contribution >= 0.6 is 43.2 Å². The van der Waals surface area contributed by atoms with Crippen LogP contribution in [0.5, 0.6) is 0 Å². The van der Waals surface area contributed by atoms with Crippen molar-refractivity contribution in [1.82, 2.24) is 0 Å². The van der Waals surface area contributed by atoms with Crippen molar-refractivity contribution in [3.05, 3.63) is 54.6 Å². The molecule has 4 heteroatoms. The predicted octanol–water partition coefficient (Wildman–Crippen LogP) is 5.01. The number of thiophene rings is 1. The van der Waals surface area contributed by atoms with Crippen molar-refractivity contribution in [2.75, 3.05) is 0 Å². The van der Waals surface area contributed by atoms with E-state index in [0.29, 0.717) is 6.42 Å². The van der Waals surface area contributed by atoms with E-state index in [0.717, 1.165) is 24.9 Å². The number of carbonyl (C=O) groups is 1. The van der Waals surface area contributed by atoms with Gasteiger partial charge < -0.3 is 0 Å². The van der Waals surface area contributed by atoms with E-state index in [-0.39, 0.29) is 5.78 Å². The molecule has 0 atom stereocenters. The third-order valence-electron chi connectivity index (χ3n) is 2.52. The van der Waals surface area contributed by atoms with Gasteiger partial charge in [-0.3, -0.25) is 4.79 Å². The van der Waals surface area contributed by atoms with Gasteiger partial charge in [0.25, 0.3) is 0 Å². The van der Waals surface area contributed by atoms with E-state index in [1.807, 2.05) is 36.6 Å². The van der Waals surface area contributed by atoms with E-state index in [4.69, 9.17) is 0 Å². The Morgan fingerprint density at radius 2 is 2.12 bits per heavy atom. The Morgan fingerprint density at radius 1 is 1.35 bits per heavy atom. The number of hydrogen-bond donors (Lipinski definition) is 0. The van der Waals surface area contributed by atoms with Crippen LogP contribution in [0.15, 0.2) is 38.6 Å². The Kier molecular flexibility index (Phi) is 4.17. The van der Waals surface area contributed by atoms with Crippen molar-refractivity contribution in [3.8, 4) is 0 Å². The van der Waals surface area contributed by atoms with Gasteiger partial charge in [0, 0.05) is 31.2 Å². The van der Waals surface area contributed by atoms with Gasteiger partial charge in [0.15, 0.2) is 5.78 Å². The van der Waals surface area contributed by atoms with Gasteiger partial charge in [0.1, 0.15) is 0 Å². The second kappa shape index (κ2) is 5.46. The van der Waals surface area contributed by atoms with Crippen LogP contribution < -0.4 is 0 Å². The first-order valence-electron chi connectivity index (χ1n) is 5.09. The number of hydrogen-bond acceptors (Lipinski definition) is 2. The molecule has 1 heterocycles. The van der Waals surface area contributed by atoms with Crippen molar-refractivity contribution < 1.29 is 4.79 Å². The molecule has 1 aromatic carbocycles. The minimum absolute atomic E-state index is 0.165. The molecule has 0 aliphatic carbocycles. The Balaban J connectivity index is 2.23. The van der Waals surface area contributed by atoms with Crippen LogP contribution in [0.3, 0.4) is 0 Å². The number of Topliss-reactive ketones (excluding diaryl/α,β-unsaturated/α-hetero) is 1. The van der Waals surface area contributed by atoms with Gasteiger partial charge in [-0.2, -0.15) is 0 Å². The van der Waals surface area contributed by atoms with Crippen molar-refractivity contribution in [3.63, 3.8) is 0 Å². The normalized spacial score (nSPS) is 10.5. The highest BCUT2D eigenvalue weighted by molar-refractivity contribution is 9.10. The molecule has 0 N–H and O–H groups in total.